The van der Waals surface area contributed by atoms with E-state index in [1.165, 1.54) is 12.1 Å². The normalized spacial score (nSPS) is 19.5. The lowest BCUT2D eigenvalue weighted by Crippen LogP contribution is -2.13. The van der Waals surface area contributed by atoms with Crippen molar-refractivity contribution in [2.24, 2.45) is 5.92 Å². The van der Waals surface area contributed by atoms with Crippen LogP contribution < -0.4 is 0 Å². The van der Waals surface area contributed by atoms with Crippen LogP contribution in [0, 0.1) is 17.6 Å². The Kier molecular flexibility index (Phi) is 3.90. The second-order valence-corrected chi connectivity index (χ2v) is 4.92. The van der Waals surface area contributed by atoms with Crippen LogP contribution in [-0.2, 0) is 11.2 Å². The van der Waals surface area contributed by atoms with Crippen LogP contribution in [0.3, 0.4) is 0 Å². The maximum Gasteiger partial charge on any atom is 0.163 e. The zero-order valence-corrected chi connectivity index (χ0v) is 10.4. The third-order valence-electron chi connectivity index (χ3n) is 3.41. The highest BCUT2D eigenvalue weighted by Gasteiger charge is 2.18. The van der Waals surface area contributed by atoms with Gasteiger partial charge in [-0.2, -0.15) is 0 Å². The van der Waals surface area contributed by atoms with Crippen LogP contribution in [0.25, 0.3) is 0 Å². The molecule has 1 aliphatic carbocycles. The third kappa shape index (κ3) is 2.84. The predicted octanol–water partition coefficient (Wildman–Crippen LogP) is 3.82. The Balaban J connectivity index is 2.10. The summed E-state index contributed by atoms with van der Waals surface area (Å²) in [5, 5.41) is 0. The van der Waals surface area contributed by atoms with Gasteiger partial charge in [0.05, 0.1) is 0 Å². The van der Waals surface area contributed by atoms with Gasteiger partial charge in [-0.05, 0) is 42.4 Å². The van der Waals surface area contributed by atoms with E-state index in [1.807, 2.05) is 6.08 Å². The van der Waals surface area contributed by atoms with E-state index >= 15 is 0 Å². The second kappa shape index (κ2) is 5.42. The summed E-state index contributed by atoms with van der Waals surface area (Å²) in [6.07, 6.45) is 4.52. The lowest BCUT2D eigenvalue weighted by Gasteiger charge is -2.17. The summed E-state index contributed by atoms with van der Waals surface area (Å²) in [6, 6.07) is 3.95. The number of benzene rings is 1. The van der Waals surface area contributed by atoms with Gasteiger partial charge >= 0.3 is 0 Å². The maximum absolute atomic E-state index is 13.4. The molecule has 1 aromatic rings. The summed E-state index contributed by atoms with van der Waals surface area (Å²) in [7, 11) is 0. The van der Waals surface area contributed by atoms with Gasteiger partial charge in [-0.1, -0.05) is 25.1 Å². The summed E-state index contributed by atoms with van der Waals surface area (Å²) in [4.78, 5) is 12.0. The van der Waals surface area contributed by atoms with Crippen LogP contribution in [0.5, 0.6) is 0 Å². The van der Waals surface area contributed by atoms with Gasteiger partial charge in [0.15, 0.2) is 17.4 Å². The molecule has 0 heterocycles. The molecule has 1 aromatic carbocycles. The Bertz CT molecular complexity index is 491. The van der Waals surface area contributed by atoms with E-state index in [9.17, 15) is 13.6 Å². The van der Waals surface area contributed by atoms with Crippen molar-refractivity contribution in [2.75, 3.05) is 0 Å². The molecule has 0 aromatic heterocycles. The SMILES string of the molecule is CC1CC=C(C(=O)Cc2cccc(F)c2F)CC1. The van der Waals surface area contributed by atoms with Crippen molar-refractivity contribution < 1.29 is 13.6 Å². The monoisotopic (exact) mass is 250 g/mol. The first-order valence-corrected chi connectivity index (χ1v) is 6.23. The van der Waals surface area contributed by atoms with Crippen LogP contribution in [-0.4, -0.2) is 5.78 Å². The van der Waals surface area contributed by atoms with Crippen LogP contribution in [0.1, 0.15) is 31.7 Å². The van der Waals surface area contributed by atoms with Gasteiger partial charge in [0.2, 0.25) is 0 Å². The van der Waals surface area contributed by atoms with Crippen molar-refractivity contribution in [3.8, 4) is 0 Å². The lowest BCUT2D eigenvalue weighted by molar-refractivity contribution is -0.115. The minimum Gasteiger partial charge on any atom is -0.294 e. The first kappa shape index (κ1) is 12.9. The molecule has 0 N–H and O–H groups in total. The highest BCUT2D eigenvalue weighted by atomic mass is 19.2. The minimum atomic E-state index is -0.907. The van der Waals surface area contributed by atoms with Crippen molar-refractivity contribution in [1.29, 1.82) is 0 Å². The fourth-order valence-corrected chi connectivity index (χ4v) is 2.19. The number of allylic oxidation sites excluding steroid dienone is 2. The molecule has 96 valence electrons. The molecule has 1 unspecified atom stereocenters. The fourth-order valence-electron chi connectivity index (χ4n) is 2.19. The number of hydrogen-bond acceptors (Lipinski definition) is 1. The summed E-state index contributed by atoms with van der Waals surface area (Å²) < 4.78 is 26.5. The number of hydrogen-bond donors (Lipinski definition) is 0. The number of carbonyl (C=O) groups is 1. The Hall–Kier alpha value is -1.51. The second-order valence-electron chi connectivity index (χ2n) is 4.92. The molecule has 1 atom stereocenters. The molecule has 18 heavy (non-hydrogen) atoms. The van der Waals surface area contributed by atoms with Crippen molar-refractivity contribution in [1.82, 2.24) is 0 Å². The van der Waals surface area contributed by atoms with Crippen molar-refractivity contribution >= 4 is 5.78 Å². The summed E-state index contributed by atoms with van der Waals surface area (Å²) >= 11 is 0. The summed E-state index contributed by atoms with van der Waals surface area (Å²) in [6.45, 7) is 2.14. The maximum atomic E-state index is 13.4. The Morgan fingerprint density at radius 1 is 1.39 bits per heavy atom. The first-order valence-electron chi connectivity index (χ1n) is 6.23. The number of rotatable bonds is 3. The first-order chi connectivity index (χ1) is 8.58. The molecule has 1 aliphatic rings. The van der Waals surface area contributed by atoms with Crippen molar-refractivity contribution in [2.45, 2.75) is 32.6 Å². The Morgan fingerprint density at radius 2 is 2.17 bits per heavy atom. The van der Waals surface area contributed by atoms with E-state index in [0.717, 1.165) is 30.9 Å². The van der Waals surface area contributed by atoms with E-state index in [2.05, 4.69) is 6.92 Å². The minimum absolute atomic E-state index is 0.0518. The number of carbonyl (C=O) groups excluding carboxylic acids is 1. The smallest absolute Gasteiger partial charge is 0.163 e. The van der Waals surface area contributed by atoms with Gasteiger partial charge in [-0.3, -0.25) is 4.79 Å². The van der Waals surface area contributed by atoms with Gasteiger partial charge in [0.1, 0.15) is 0 Å². The van der Waals surface area contributed by atoms with Gasteiger partial charge in [-0.25, -0.2) is 8.78 Å². The van der Waals surface area contributed by atoms with Crippen LogP contribution in [0.2, 0.25) is 0 Å². The van der Waals surface area contributed by atoms with E-state index in [4.69, 9.17) is 0 Å². The highest BCUT2D eigenvalue weighted by molar-refractivity contribution is 5.96. The van der Waals surface area contributed by atoms with Gasteiger partial charge in [0, 0.05) is 6.42 Å². The molecule has 0 radical (unpaired) electrons. The van der Waals surface area contributed by atoms with Crippen molar-refractivity contribution in [3.63, 3.8) is 0 Å². The lowest BCUT2D eigenvalue weighted by atomic mass is 9.88. The van der Waals surface area contributed by atoms with Crippen LogP contribution in [0.15, 0.2) is 29.8 Å². The van der Waals surface area contributed by atoms with E-state index in [-0.39, 0.29) is 17.8 Å². The van der Waals surface area contributed by atoms with Gasteiger partial charge in [0.25, 0.3) is 0 Å². The highest BCUT2D eigenvalue weighted by Crippen LogP contribution is 2.24. The molecular weight excluding hydrogens is 234 g/mol. The molecule has 0 spiro atoms. The standard InChI is InChI=1S/C15H16F2O/c1-10-5-7-11(8-6-10)14(18)9-12-3-2-4-13(16)15(12)17/h2-4,7,10H,5-6,8-9H2,1H3. The predicted molar refractivity (Wildman–Crippen MR) is 66.2 cm³/mol. The molecule has 1 nitrogen and oxygen atoms in total. The zero-order chi connectivity index (χ0) is 13.1. The van der Waals surface area contributed by atoms with Crippen LogP contribution >= 0.6 is 0 Å². The van der Waals surface area contributed by atoms with Gasteiger partial charge < -0.3 is 0 Å². The van der Waals surface area contributed by atoms with E-state index in [0.29, 0.717) is 5.92 Å². The van der Waals surface area contributed by atoms with E-state index in [1.54, 1.807) is 0 Å². The summed E-state index contributed by atoms with van der Waals surface area (Å²) in [5.41, 5.74) is 0.899. The van der Waals surface area contributed by atoms with Crippen LogP contribution in [0.4, 0.5) is 8.78 Å². The zero-order valence-electron chi connectivity index (χ0n) is 10.4. The Labute approximate surface area is 106 Å². The Morgan fingerprint density at radius 3 is 2.83 bits per heavy atom. The number of ketones is 1. The molecule has 0 saturated carbocycles. The number of Topliss-reactive ketones (excluding diaryl/α,β-unsaturated/α-hetero) is 1. The molecule has 0 aliphatic heterocycles. The number of halogens is 2. The molecule has 3 heteroatoms. The largest absolute Gasteiger partial charge is 0.294 e. The summed E-state index contributed by atoms with van der Waals surface area (Å²) in [5.74, 6) is -1.29. The van der Waals surface area contributed by atoms with Gasteiger partial charge in [-0.15, -0.1) is 0 Å². The van der Waals surface area contributed by atoms with Crippen molar-refractivity contribution in [3.05, 3.63) is 47.0 Å². The molecule has 0 fully saturated rings. The molecule has 0 amide bonds. The average molecular weight is 250 g/mol. The third-order valence-corrected chi connectivity index (χ3v) is 3.41. The quantitative estimate of drug-likeness (QED) is 0.797. The molecular formula is C15H16F2O. The average Bonchev–Trinajstić information content (AvgIpc) is 2.36. The molecule has 0 saturated heterocycles. The molecule has 0 bridgehead atoms. The fraction of sp³-hybridized carbons (Fsp3) is 0.400. The van der Waals surface area contributed by atoms with E-state index < -0.39 is 11.6 Å². The topological polar surface area (TPSA) is 17.1 Å². The molecule has 2 rings (SSSR count).